The number of aromatic nitrogens is 1. The smallest absolute Gasteiger partial charge is 0.232 e. The van der Waals surface area contributed by atoms with Crippen LogP contribution in [0.5, 0.6) is 0 Å². The van der Waals surface area contributed by atoms with Crippen LogP contribution in [-0.4, -0.2) is 46.0 Å². The fourth-order valence-corrected chi connectivity index (χ4v) is 4.87. The molecule has 2 heterocycles. The van der Waals surface area contributed by atoms with Crippen molar-refractivity contribution >= 4 is 32.2 Å². The summed E-state index contributed by atoms with van der Waals surface area (Å²) in [5.74, 6) is 0. The average Bonchev–Trinajstić information content (AvgIpc) is 3.01. The highest BCUT2D eigenvalue weighted by Crippen LogP contribution is 2.34. The molecule has 0 radical (unpaired) electrons. The Kier molecular flexibility index (Phi) is 5.31. The molecule has 0 aliphatic carbocycles. The summed E-state index contributed by atoms with van der Waals surface area (Å²) in [5, 5.41) is 6.19. The van der Waals surface area contributed by atoms with E-state index >= 15 is 0 Å². The Hall–Kier alpha value is -1.64. The molecule has 3 rings (SSSR count). The molecule has 136 valence electrons. The lowest BCUT2D eigenvalue weighted by Gasteiger charge is -2.29. The molecule has 0 saturated carbocycles. The van der Waals surface area contributed by atoms with Crippen molar-refractivity contribution < 1.29 is 13.2 Å². The average molecular weight is 382 g/mol. The zero-order chi connectivity index (χ0) is 18.0. The summed E-state index contributed by atoms with van der Waals surface area (Å²) >= 11 is 1.56. The summed E-state index contributed by atoms with van der Waals surface area (Å²) < 4.78 is 30.5. The van der Waals surface area contributed by atoms with Crippen molar-refractivity contribution in [2.45, 2.75) is 25.8 Å². The lowest BCUT2D eigenvalue weighted by Crippen LogP contribution is -2.34. The predicted molar refractivity (Wildman–Crippen MR) is 103 cm³/mol. The van der Waals surface area contributed by atoms with Gasteiger partial charge in [-0.05, 0) is 37.5 Å². The minimum absolute atomic E-state index is 0.191. The molecule has 25 heavy (non-hydrogen) atoms. The fourth-order valence-electron chi connectivity index (χ4n) is 3.04. The molecule has 1 aromatic carbocycles. The Morgan fingerprint density at radius 2 is 2.24 bits per heavy atom. The largest absolute Gasteiger partial charge is 0.383 e. The molecule has 1 N–H and O–H groups in total. The van der Waals surface area contributed by atoms with E-state index in [1.165, 1.54) is 10.6 Å². The van der Waals surface area contributed by atoms with Gasteiger partial charge in [0.05, 0.1) is 24.2 Å². The molecule has 0 bridgehead atoms. The van der Waals surface area contributed by atoms with Gasteiger partial charge in [-0.25, -0.2) is 13.4 Å². The van der Waals surface area contributed by atoms with Crippen LogP contribution in [0, 0.1) is 0 Å². The first-order chi connectivity index (χ1) is 11.9. The second-order valence-electron chi connectivity index (χ2n) is 6.32. The standard InChI is InChI=1S/C17H23N3O3S2/c1-12(10-23-2)18-17-19-15(11-24-17)13-6-7-16-14(9-13)5-4-8-20(16)25(3,21)22/h6-7,9,11-12H,4-5,8,10H2,1-3H3,(H,18,19)/t12-/m0/s1. The molecule has 0 fully saturated rings. The Bertz CT molecular complexity index is 849. The van der Waals surface area contributed by atoms with Crippen LogP contribution in [0.2, 0.25) is 0 Å². The summed E-state index contributed by atoms with van der Waals surface area (Å²) in [7, 11) is -1.55. The van der Waals surface area contributed by atoms with E-state index in [1.54, 1.807) is 18.4 Å². The monoisotopic (exact) mass is 381 g/mol. The molecular weight excluding hydrogens is 358 g/mol. The fraction of sp³-hybridized carbons (Fsp3) is 0.471. The zero-order valence-corrected chi connectivity index (χ0v) is 16.3. The van der Waals surface area contributed by atoms with Gasteiger partial charge in [-0.1, -0.05) is 6.07 Å². The summed E-state index contributed by atoms with van der Waals surface area (Å²) in [6.07, 6.45) is 2.98. The summed E-state index contributed by atoms with van der Waals surface area (Å²) in [6.45, 7) is 3.21. The molecule has 0 spiro atoms. The molecule has 0 amide bonds. The van der Waals surface area contributed by atoms with Crippen molar-refractivity contribution in [3.63, 3.8) is 0 Å². The van der Waals surface area contributed by atoms with Gasteiger partial charge in [0.15, 0.2) is 5.13 Å². The number of methoxy groups -OCH3 is 1. The maximum atomic E-state index is 12.0. The predicted octanol–water partition coefficient (Wildman–Crippen LogP) is 2.97. The van der Waals surface area contributed by atoms with Crippen LogP contribution >= 0.6 is 11.3 Å². The molecule has 1 aliphatic heterocycles. The van der Waals surface area contributed by atoms with Crippen molar-refractivity contribution in [3.05, 3.63) is 29.1 Å². The van der Waals surface area contributed by atoms with Gasteiger partial charge in [0.2, 0.25) is 10.0 Å². The van der Waals surface area contributed by atoms with Crippen LogP contribution in [0.15, 0.2) is 23.6 Å². The number of benzene rings is 1. The molecule has 1 aliphatic rings. The third-order valence-corrected chi connectivity index (χ3v) is 6.10. The molecule has 1 atom stereocenters. The number of rotatable bonds is 6. The summed E-state index contributed by atoms with van der Waals surface area (Å²) in [6, 6.07) is 6.09. The number of nitrogens with zero attached hydrogens (tertiary/aromatic N) is 2. The minimum atomic E-state index is -3.23. The lowest BCUT2D eigenvalue weighted by molar-refractivity contribution is 0.190. The van der Waals surface area contributed by atoms with Gasteiger partial charge in [0.25, 0.3) is 0 Å². The third-order valence-electron chi connectivity index (χ3n) is 4.14. The lowest BCUT2D eigenvalue weighted by atomic mass is 10.00. The number of sulfonamides is 1. The van der Waals surface area contributed by atoms with E-state index in [1.807, 2.05) is 24.4 Å². The van der Waals surface area contributed by atoms with E-state index in [-0.39, 0.29) is 6.04 Å². The third kappa shape index (κ3) is 4.13. The number of nitrogens with one attached hydrogen (secondary N) is 1. The maximum absolute atomic E-state index is 12.0. The first kappa shape index (κ1) is 18.2. The van der Waals surface area contributed by atoms with Crippen LogP contribution in [0.4, 0.5) is 10.8 Å². The first-order valence-electron chi connectivity index (χ1n) is 8.20. The van der Waals surface area contributed by atoms with E-state index in [0.717, 1.165) is 40.5 Å². The number of thiazole rings is 1. The molecule has 6 nitrogen and oxygen atoms in total. The van der Waals surface area contributed by atoms with Gasteiger partial charge in [-0.15, -0.1) is 11.3 Å². The SMILES string of the molecule is COC[C@H](C)Nc1nc(-c2ccc3c(c2)CCCN3S(C)(=O)=O)cs1. The van der Waals surface area contributed by atoms with Crippen molar-refractivity contribution in [1.29, 1.82) is 0 Å². The van der Waals surface area contributed by atoms with E-state index in [0.29, 0.717) is 13.2 Å². The Balaban J connectivity index is 1.84. The van der Waals surface area contributed by atoms with E-state index in [2.05, 4.69) is 16.4 Å². The zero-order valence-electron chi connectivity index (χ0n) is 14.7. The minimum Gasteiger partial charge on any atom is -0.383 e. The van der Waals surface area contributed by atoms with Crippen LogP contribution in [-0.2, 0) is 21.2 Å². The molecule has 0 unspecified atom stereocenters. The molecule has 8 heteroatoms. The van der Waals surface area contributed by atoms with Gasteiger partial charge in [-0.3, -0.25) is 4.31 Å². The molecule has 1 aromatic heterocycles. The van der Waals surface area contributed by atoms with Crippen LogP contribution in [0.1, 0.15) is 18.9 Å². The van der Waals surface area contributed by atoms with Crippen molar-refractivity contribution in [1.82, 2.24) is 4.98 Å². The highest BCUT2D eigenvalue weighted by atomic mass is 32.2. The second kappa shape index (κ2) is 7.31. The number of aryl methyl sites for hydroxylation is 1. The van der Waals surface area contributed by atoms with Gasteiger partial charge in [0.1, 0.15) is 0 Å². The molecule has 0 saturated heterocycles. The van der Waals surface area contributed by atoms with Crippen molar-refractivity contribution in [3.8, 4) is 11.3 Å². The van der Waals surface area contributed by atoms with Crippen LogP contribution in [0.25, 0.3) is 11.3 Å². The highest BCUT2D eigenvalue weighted by molar-refractivity contribution is 7.92. The quantitative estimate of drug-likeness (QED) is 0.833. The van der Waals surface area contributed by atoms with Gasteiger partial charge >= 0.3 is 0 Å². The highest BCUT2D eigenvalue weighted by Gasteiger charge is 2.24. The van der Waals surface area contributed by atoms with Gasteiger partial charge in [-0.2, -0.15) is 0 Å². The Morgan fingerprint density at radius 3 is 2.96 bits per heavy atom. The molecule has 2 aromatic rings. The number of hydrogen-bond donors (Lipinski definition) is 1. The summed E-state index contributed by atoms with van der Waals surface area (Å²) in [4.78, 5) is 4.64. The van der Waals surface area contributed by atoms with Crippen LogP contribution in [0.3, 0.4) is 0 Å². The Labute approximate surface area is 152 Å². The van der Waals surface area contributed by atoms with Crippen LogP contribution < -0.4 is 9.62 Å². The first-order valence-corrected chi connectivity index (χ1v) is 10.9. The molecular formula is C17H23N3O3S2. The Morgan fingerprint density at radius 1 is 1.44 bits per heavy atom. The number of hydrogen-bond acceptors (Lipinski definition) is 6. The van der Waals surface area contributed by atoms with Crippen molar-refractivity contribution in [2.24, 2.45) is 0 Å². The summed E-state index contributed by atoms with van der Waals surface area (Å²) in [5.41, 5.74) is 3.76. The van der Waals surface area contributed by atoms with Gasteiger partial charge in [0, 0.05) is 30.6 Å². The van der Waals surface area contributed by atoms with E-state index < -0.39 is 10.0 Å². The van der Waals surface area contributed by atoms with E-state index in [9.17, 15) is 8.42 Å². The number of fused-ring (bicyclic) bond motifs is 1. The maximum Gasteiger partial charge on any atom is 0.232 e. The second-order valence-corrected chi connectivity index (χ2v) is 9.09. The van der Waals surface area contributed by atoms with E-state index in [4.69, 9.17) is 4.74 Å². The topological polar surface area (TPSA) is 71.5 Å². The number of anilines is 2. The van der Waals surface area contributed by atoms with Gasteiger partial charge < -0.3 is 10.1 Å². The van der Waals surface area contributed by atoms with Crippen molar-refractivity contribution in [2.75, 3.05) is 36.1 Å². The normalized spacial score (nSPS) is 15.7. The number of ether oxygens (including phenoxy) is 1.